The largest absolute Gasteiger partial charge is 0.330 e. The lowest BCUT2D eigenvalue weighted by atomic mass is 9.90. The number of halogens is 2. The molecule has 1 aromatic carbocycles. The summed E-state index contributed by atoms with van der Waals surface area (Å²) in [6.07, 6.45) is 0.690. The molecular weight excluding hydrogens is 291 g/mol. The molecule has 1 fully saturated rings. The van der Waals surface area contributed by atoms with Crippen LogP contribution in [0.15, 0.2) is 23.1 Å². The van der Waals surface area contributed by atoms with E-state index in [4.69, 9.17) is 17.3 Å². The van der Waals surface area contributed by atoms with E-state index in [1.807, 2.05) is 6.92 Å². The van der Waals surface area contributed by atoms with Crippen molar-refractivity contribution in [2.24, 2.45) is 11.1 Å². The van der Waals surface area contributed by atoms with Gasteiger partial charge in [-0.2, -0.15) is 4.31 Å². The second kappa shape index (κ2) is 5.01. The van der Waals surface area contributed by atoms with Crippen molar-refractivity contribution >= 4 is 21.6 Å². The van der Waals surface area contributed by atoms with Crippen LogP contribution in [0.3, 0.4) is 0 Å². The third kappa shape index (κ3) is 2.76. The second-order valence-corrected chi connectivity index (χ2v) is 7.49. The smallest absolute Gasteiger partial charge is 0.244 e. The van der Waals surface area contributed by atoms with Crippen LogP contribution in [-0.4, -0.2) is 32.4 Å². The number of hydrogen-bond acceptors (Lipinski definition) is 3. The fourth-order valence-electron chi connectivity index (χ4n) is 2.16. The molecule has 0 spiro atoms. The van der Waals surface area contributed by atoms with Crippen LogP contribution in [0.2, 0.25) is 5.02 Å². The standard InChI is InChI=1S/C12H16ClFN2O2S/c1-12(7-15)4-5-16(8-12)19(17,18)11-6-9(14)2-3-10(11)13/h2-3,6H,4-5,7-8,15H2,1H3. The molecule has 0 amide bonds. The first-order valence-corrected chi connectivity index (χ1v) is 7.76. The van der Waals surface area contributed by atoms with Gasteiger partial charge in [0.05, 0.1) is 5.02 Å². The lowest BCUT2D eigenvalue weighted by Crippen LogP contribution is -2.34. The highest BCUT2D eigenvalue weighted by Gasteiger charge is 2.39. The van der Waals surface area contributed by atoms with Crippen LogP contribution in [0.1, 0.15) is 13.3 Å². The molecule has 0 aliphatic carbocycles. The van der Waals surface area contributed by atoms with Crippen molar-refractivity contribution in [1.82, 2.24) is 4.31 Å². The van der Waals surface area contributed by atoms with Crippen LogP contribution in [0.4, 0.5) is 4.39 Å². The van der Waals surface area contributed by atoms with Gasteiger partial charge in [-0.25, -0.2) is 12.8 Å². The van der Waals surface area contributed by atoms with E-state index in [1.165, 1.54) is 10.4 Å². The third-order valence-electron chi connectivity index (χ3n) is 3.53. The Morgan fingerprint density at radius 3 is 2.79 bits per heavy atom. The molecule has 7 heteroatoms. The summed E-state index contributed by atoms with van der Waals surface area (Å²) in [6.45, 7) is 3.06. The molecule has 0 aromatic heterocycles. The highest BCUT2D eigenvalue weighted by atomic mass is 35.5. The quantitative estimate of drug-likeness (QED) is 0.927. The van der Waals surface area contributed by atoms with Crippen LogP contribution >= 0.6 is 11.6 Å². The fourth-order valence-corrected chi connectivity index (χ4v) is 4.24. The van der Waals surface area contributed by atoms with Gasteiger partial charge in [0, 0.05) is 13.1 Å². The predicted octanol–water partition coefficient (Wildman–Crippen LogP) is 1.84. The van der Waals surface area contributed by atoms with Gasteiger partial charge in [-0.05, 0) is 36.6 Å². The van der Waals surface area contributed by atoms with Gasteiger partial charge < -0.3 is 5.73 Å². The molecule has 106 valence electrons. The summed E-state index contributed by atoms with van der Waals surface area (Å²) in [7, 11) is -3.77. The molecular formula is C12H16ClFN2O2S. The molecule has 0 bridgehead atoms. The fraction of sp³-hybridized carbons (Fsp3) is 0.500. The first kappa shape index (κ1) is 14.7. The van der Waals surface area contributed by atoms with Crippen LogP contribution in [0.5, 0.6) is 0 Å². The van der Waals surface area contributed by atoms with Crippen molar-refractivity contribution in [2.75, 3.05) is 19.6 Å². The molecule has 1 unspecified atom stereocenters. The first-order valence-electron chi connectivity index (χ1n) is 5.94. The minimum atomic E-state index is -3.77. The van der Waals surface area contributed by atoms with Crippen LogP contribution in [-0.2, 0) is 10.0 Å². The van der Waals surface area contributed by atoms with Crippen LogP contribution in [0.25, 0.3) is 0 Å². The van der Waals surface area contributed by atoms with E-state index in [9.17, 15) is 12.8 Å². The molecule has 0 saturated carbocycles. The maximum absolute atomic E-state index is 13.2. The summed E-state index contributed by atoms with van der Waals surface area (Å²) >= 11 is 5.87. The van der Waals surface area contributed by atoms with Gasteiger partial charge in [-0.1, -0.05) is 18.5 Å². The summed E-state index contributed by atoms with van der Waals surface area (Å²) in [6, 6.07) is 3.34. The van der Waals surface area contributed by atoms with E-state index < -0.39 is 15.8 Å². The Labute approximate surface area is 117 Å². The minimum absolute atomic E-state index is 0.0303. The Hall–Kier alpha value is -0.690. The van der Waals surface area contributed by atoms with Gasteiger partial charge in [0.25, 0.3) is 0 Å². The van der Waals surface area contributed by atoms with Gasteiger partial charge in [0.1, 0.15) is 10.7 Å². The molecule has 2 N–H and O–H groups in total. The topological polar surface area (TPSA) is 63.4 Å². The maximum atomic E-state index is 13.2. The normalized spacial score (nSPS) is 24.8. The first-order chi connectivity index (χ1) is 8.78. The summed E-state index contributed by atoms with van der Waals surface area (Å²) in [5.74, 6) is -0.622. The number of rotatable bonds is 3. The monoisotopic (exact) mass is 306 g/mol. The highest BCUT2D eigenvalue weighted by molar-refractivity contribution is 7.89. The molecule has 1 aliphatic heterocycles. The Morgan fingerprint density at radius 2 is 2.21 bits per heavy atom. The average molecular weight is 307 g/mol. The van der Waals surface area contributed by atoms with Crippen molar-refractivity contribution in [3.8, 4) is 0 Å². The Morgan fingerprint density at radius 1 is 1.53 bits per heavy atom. The van der Waals surface area contributed by atoms with E-state index in [1.54, 1.807) is 0 Å². The number of nitrogens with zero attached hydrogens (tertiary/aromatic N) is 1. The molecule has 4 nitrogen and oxygen atoms in total. The molecule has 1 atom stereocenters. The lowest BCUT2D eigenvalue weighted by molar-refractivity contribution is 0.349. The number of sulfonamides is 1. The van der Waals surface area contributed by atoms with Crippen molar-refractivity contribution in [3.63, 3.8) is 0 Å². The molecule has 1 aliphatic rings. The van der Waals surface area contributed by atoms with Crippen LogP contribution < -0.4 is 5.73 Å². The van der Waals surface area contributed by atoms with Crippen molar-refractivity contribution in [1.29, 1.82) is 0 Å². The van der Waals surface area contributed by atoms with Gasteiger partial charge in [0.2, 0.25) is 10.0 Å². The molecule has 1 heterocycles. The Balaban J connectivity index is 2.36. The predicted molar refractivity (Wildman–Crippen MR) is 71.9 cm³/mol. The molecule has 2 rings (SSSR count). The SMILES string of the molecule is CC1(CN)CCN(S(=O)(=O)c2cc(F)ccc2Cl)C1. The van der Waals surface area contributed by atoms with E-state index in [0.717, 1.165) is 12.1 Å². The van der Waals surface area contributed by atoms with Crippen molar-refractivity contribution < 1.29 is 12.8 Å². The van der Waals surface area contributed by atoms with E-state index in [-0.39, 0.29) is 15.3 Å². The van der Waals surface area contributed by atoms with Crippen molar-refractivity contribution in [3.05, 3.63) is 29.0 Å². The second-order valence-electron chi connectivity index (χ2n) is 5.18. The summed E-state index contributed by atoms with van der Waals surface area (Å²) < 4.78 is 39.4. The van der Waals surface area contributed by atoms with Gasteiger partial charge in [-0.3, -0.25) is 0 Å². The van der Waals surface area contributed by atoms with Gasteiger partial charge in [-0.15, -0.1) is 0 Å². The third-order valence-corrected chi connectivity index (χ3v) is 5.85. The average Bonchev–Trinajstić information content (AvgIpc) is 2.76. The highest BCUT2D eigenvalue weighted by Crippen LogP contribution is 2.34. The number of nitrogens with two attached hydrogens (primary N) is 1. The zero-order chi connectivity index (χ0) is 14.3. The minimum Gasteiger partial charge on any atom is -0.330 e. The molecule has 1 aromatic rings. The summed E-state index contributed by atoms with van der Waals surface area (Å²) in [5.41, 5.74) is 5.43. The summed E-state index contributed by atoms with van der Waals surface area (Å²) in [5, 5.41) is 0.0303. The molecule has 19 heavy (non-hydrogen) atoms. The number of benzene rings is 1. The van der Waals surface area contributed by atoms with E-state index >= 15 is 0 Å². The number of hydrogen-bond donors (Lipinski definition) is 1. The Bertz CT molecular complexity index is 593. The van der Waals surface area contributed by atoms with Gasteiger partial charge >= 0.3 is 0 Å². The van der Waals surface area contributed by atoms with Gasteiger partial charge in [0.15, 0.2) is 0 Å². The zero-order valence-electron chi connectivity index (χ0n) is 10.6. The maximum Gasteiger partial charge on any atom is 0.244 e. The van der Waals surface area contributed by atoms with E-state index in [0.29, 0.717) is 26.1 Å². The van der Waals surface area contributed by atoms with E-state index in [2.05, 4.69) is 0 Å². The molecule has 1 saturated heterocycles. The molecule has 0 radical (unpaired) electrons. The lowest BCUT2D eigenvalue weighted by Gasteiger charge is -2.22. The summed E-state index contributed by atoms with van der Waals surface area (Å²) in [4.78, 5) is -0.185. The Kier molecular flexibility index (Phi) is 3.88. The van der Waals surface area contributed by atoms with Crippen LogP contribution in [0, 0.1) is 11.2 Å². The van der Waals surface area contributed by atoms with Crippen molar-refractivity contribution in [2.45, 2.75) is 18.2 Å². The zero-order valence-corrected chi connectivity index (χ0v) is 12.1.